The van der Waals surface area contributed by atoms with Gasteiger partial charge in [0.1, 0.15) is 12.4 Å². The third kappa shape index (κ3) is 4.42. The van der Waals surface area contributed by atoms with Crippen LogP contribution in [0.1, 0.15) is 11.1 Å². The molecule has 1 aliphatic heterocycles. The summed E-state index contributed by atoms with van der Waals surface area (Å²) >= 11 is 4.29. The molecule has 31 heavy (non-hydrogen) atoms. The SMILES string of the molecule is COC(=O)Cn1cc(/C=C2\SC(=O)N(Cc3ccc(F)cc3)C2=O)c2cc(Br)ccc21. The first-order valence-corrected chi connectivity index (χ1v) is 10.8. The van der Waals surface area contributed by atoms with Gasteiger partial charge in [-0.3, -0.25) is 19.3 Å². The van der Waals surface area contributed by atoms with Crippen LogP contribution in [-0.2, 0) is 27.4 Å². The van der Waals surface area contributed by atoms with Gasteiger partial charge in [-0.05, 0) is 53.7 Å². The second-order valence-corrected chi connectivity index (χ2v) is 8.75. The summed E-state index contributed by atoms with van der Waals surface area (Å²) in [5.41, 5.74) is 2.15. The van der Waals surface area contributed by atoms with Gasteiger partial charge in [-0.15, -0.1) is 0 Å². The lowest BCUT2D eigenvalue weighted by Gasteiger charge is -2.12. The number of halogens is 2. The number of esters is 1. The van der Waals surface area contributed by atoms with Crippen LogP contribution in [0.2, 0.25) is 0 Å². The fourth-order valence-electron chi connectivity index (χ4n) is 3.30. The Hall–Kier alpha value is -2.91. The number of hydrogen-bond acceptors (Lipinski definition) is 5. The van der Waals surface area contributed by atoms with Crippen molar-refractivity contribution >= 4 is 61.8 Å². The predicted molar refractivity (Wildman–Crippen MR) is 120 cm³/mol. The maximum absolute atomic E-state index is 13.1. The van der Waals surface area contributed by atoms with E-state index in [0.717, 1.165) is 32.0 Å². The molecule has 0 saturated carbocycles. The van der Waals surface area contributed by atoms with Crippen molar-refractivity contribution in [3.05, 3.63) is 75.0 Å². The number of carbonyl (C=O) groups is 3. The zero-order valence-electron chi connectivity index (χ0n) is 16.3. The highest BCUT2D eigenvalue weighted by molar-refractivity contribution is 9.10. The first kappa shape index (κ1) is 21.3. The summed E-state index contributed by atoms with van der Waals surface area (Å²) in [5.74, 6) is -1.19. The van der Waals surface area contributed by atoms with Crippen molar-refractivity contribution < 1.29 is 23.5 Å². The van der Waals surface area contributed by atoms with E-state index in [9.17, 15) is 18.8 Å². The molecule has 9 heteroatoms. The van der Waals surface area contributed by atoms with Crippen LogP contribution < -0.4 is 0 Å². The highest BCUT2D eigenvalue weighted by Crippen LogP contribution is 2.35. The topological polar surface area (TPSA) is 68.6 Å². The highest BCUT2D eigenvalue weighted by Gasteiger charge is 2.35. The summed E-state index contributed by atoms with van der Waals surface area (Å²) < 4.78 is 20.5. The molecule has 1 saturated heterocycles. The maximum atomic E-state index is 13.1. The van der Waals surface area contributed by atoms with Crippen molar-refractivity contribution in [1.29, 1.82) is 0 Å². The minimum atomic E-state index is -0.414. The number of imide groups is 1. The van der Waals surface area contributed by atoms with Crippen LogP contribution in [0.3, 0.4) is 0 Å². The fourth-order valence-corrected chi connectivity index (χ4v) is 4.49. The van der Waals surface area contributed by atoms with E-state index >= 15 is 0 Å². The molecule has 0 aliphatic carbocycles. The van der Waals surface area contributed by atoms with Crippen LogP contribution in [-0.4, -0.2) is 33.7 Å². The quantitative estimate of drug-likeness (QED) is 0.364. The van der Waals surface area contributed by atoms with Gasteiger partial charge in [0.2, 0.25) is 0 Å². The average molecular weight is 503 g/mol. The number of hydrogen-bond donors (Lipinski definition) is 0. The Kier molecular flexibility index (Phi) is 5.97. The average Bonchev–Trinajstić information content (AvgIpc) is 3.21. The first-order chi connectivity index (χ1) is 14.9. The standard InChI is InChI=1S/C22H16BrFN2O4S/c1-30-20(27)12-25-11-14(17-9-15(23)4-7-18(17)25)8-19-21(28)26(22(29)31-19)10-13-2-5-16(24)6-3-13/h2-9,11H,10,12H2,1H3/b19-8-. The molecule has 1 fully saturated rings. The molecule has 0 radical (unpaired) electrons. The van der Waals surface area contributed by atoms with Gasteiger partial charge in [-0.1, -0.05) is 28.1 Å². The number of thioether (sulfide) groups is 1. The van der Waals surface area contributed by atoms with Crippen LogP contribution in [0.4, 0.5) is 9.18 Å². The van der Waals surface area contributed by atoms with E-state index in [1.165, 1.54) is 19.2 Å². The molecule has 1 aromatic heterocycles. The third-order valence-electron chi connectivity index (χ3n) is 4.82. The Morgan fingerprint density at radius 2 is 1.94 bits per heavy atom. The molecule has 0 spiro atoms. The molecule has 0 bridgehead atoms. The molecule has 0 unspecified atom stereocenters. The second-order valence-electron chi connectivity index (χ2n) is 6.84. The Bertz CT molecular complexity index is 1240. The molecule has 0 atom stereocenters. The number of aromatic nitrogens is 1. The second kappa shape index (κ2) is 8.68. The normalized spacial score (nSPS) is 15.3. The lowest BCUT2D eigenvalue weighted by atomic mass is 10.1. The zero-order valence-corrected chi connectivity index (χ0v) is 18.7. The van der Waals surface area contributed by atoms with Gasteiger partial charge in [0.15, 0.2) is 0 Å². The molecule has 2 aromatic carbocycles. The summed E-state index contributed by atoms with van der Waals surface area (Å²) in [6.45, 7) is 0.0897. The van der Waals surface area contributed by atoms with Crippen LogP contribution in [0.5, 0.6) is 0 Å². The van der Waals surface area contributed by atoms with Gasteiger partial charge in [-0.25, -0.2) is 4.39 Å². The van der Waals surface area contributed by atoms with Gasteiger partial charge < -0.3 is 9.30 Å². The van der Waals surface area contributed by atoms with E-state index in [2.05, 4.69) is 15.9 Å². The molecular formula is C22H16BrFN2O4S. The van der Waals surface area contributed by atoms with Crippen LogP contribution in [0.25, 0.3) is 17.0 Å². The summed E-state index contributed by atoms with van der Waals surface area (Å²) in [5, 5.41) is 0.434. The van der Waals surface area contributed by atoms with Crippen LogP contribution >= 0.6 is 27.7 Å². The van der Waals surface area contributed by atoms with Gasteiger partial charge in [0, 0.05) is 27.1 Å². The Balaban J connectivity index is 1.67. The number of rotatable bonds is 5. The van der Waals surface area contributed by atoms with E-state index in [4.69, 9.17) is 4.74 Å². The number of methoxy groups -OCH3 is 1. The molecule has 1 aliphatic rings. The summed E-state index contributed by atoms with van der Waals surface area (Å²) in [7, 11) is 1.32. The molecule has 0 N–H and O–H groups in total. The molecule has 3 aromatic rings. The van der Waals surface area contributed by atoms with Gasteiger partial charge in [-0.2, -0.15) is 0 Å². The minimum Gasteiger partial charge on any atom is -0.468 e. The highest BCUT2D eigenvalue weighted by atomic mass is 79.9. The number of ether oxygens (including phenoxy) is 1. The van der Waals surface area contributed by atoms with E-state index in [0.29, 0.717) is 11.1 Å². The molecule has 2 amide bonds. The molecule has 158 valence electrons. The van der Waals surface area contributed by atoms with E-state index in [1.54, 1.807) is 29.0 Å². The van der Waals surface area contributed by atoms with Crippen LogP contribution in [0, 0.1) is 5.82 Å². The smallest absolute Gasteiger partial charge is 0.325 e. The first-order valence-electron chi connectivity index (χ1n) is 9.20. The largest absolute Gasteiger partial charge is 0.468 e. The Labute approximate surface area is 189 Å². The summed E-state index contributed by atoms with van der Waals surface area (Å²) in [6, 6.07) is 11.3. The monoisotopic (exact) mass is 502 g/mol. The van der Waals surface area contributed by atoms with Crippen molar-refractivity contribution in [3.63, 3.8) is 0 Å². The zero-order chi connectivity index (χ0) is 22.1. The Morgan fingerprint density at radius 1 is 1.19 bits per heavy atom. The lowest BCUT2D eigenvalue weighted by molar-refractivity contribution is -0.141. The molecule has 4 rings (SSSR count). The number of nitrogens with zero attached hydrogens (tertiary/aromatic N) is 2. The molecule has 6 nitrogen and oxygen atoms in total. The fraction of sp³-hybridized carbons (Fsp3) is 0.136. The third-order valence-corrected chi connectivity index (χ3v) is 6.22. The van der Waals surface area contributed by atoms with Gasteiger partial charge in [0.05, 0.1) is 18.6 Å². The molecular weight excluding hydrogens is 487 g/mol. The number of benzene rings is 2. The minimum absolute atomic E-state index is 0.0223. The maximum Gasteiger partial charge on any atom is 0.325 e. The van der Waals surface area contributed by atoms with E-state index < -0.39 is 11.9 Å². The number of carbonyl (C=O) groups excluding carboxylic acids is 3. The van der Waals surface area contributed by atoms with E-state index in [-0.39, 0.29) is 29.1 Å². The van der Waals surface area contributed by atoms with Crippen molar-refractivity contribution in [2.45, 2.75) is 13.1 Å². The molecule has 2 heterocycles. The van der Waals surface area contributed by atoms with Gasteiger partial charge in [0.25, 0.3) is 11.1 Å². The Morgan fingerprint density at radius 3 is 2.65 bits per heavy atom. The number of amides is 2. The predicted octanol–water partition coefficient (Wildman–Crippen LogP) is 4.95. The van der Waals surface area contributed by atoms with Crippen molar-refractivity contribution in [1.82, 2.24) is 9.47 Å². The summed E-state index contributed by atoms with van der Waals surface area (Å²) in [6.07, 6.45) is 3.40. The van der Waals surface area contributed by atoms with Crippen LogP contribution in [0.15, 0.2) is 58.0 Å². The lowest BCUT2D eigenvalue weighted by Crippen LogP contribution is -2.27. The van der Waals surface area contributed by atoms with Crippen molar-refractivity contribution in [2.24, 2.45) is 0 Å². The van der Waals surface area contributed by atoms with E-state index in [1.807, 2.05) is 18.2 Å². The van der Waals surface area contributed by atoms with Gasteiger partial charge >= 0.3 is 5.97 Å². The van der Waals surface area contributed by atoms with Crippen molar-refractivity contribution in [2.75, 3.05) is 7.11 Å². The summed E-state index contributed by atoms with van der Waals surface area (Å²) in [4.78, 5) is 38.5. The van der Waals surface area contributed by atoms with Crippen molar-refractivity contribution in [3.8, 4) is 0 Å². The number of fused-ring (bicyclic) bond motifs is 1.